The predicted octanol–water partition coefficient (Wildman–Crippen LogP) is 19.1. The van der Waals surface area contributed by atoms with E-state index in [1.54, 1.807) is 0 Å². The molecule has 9 rings (SSSR count). The lowest BCUT2D eigenvalue weighted by Gasteiger charge is -2.05. The summed E-state index contributed by atoms with van der Waals surface area (Å²) in [7, 11) is -1.10. The van der Waals surface area contributed by atoms with Crippen LogP contribution >= 0.6 is 98.7 Å². The van der Waals surface area contributed by atoms with E-state index in [-0.39, 0.29) is 12.4 Å². The maximum Gasteiger partial charge on any atom is 0.128 e. The Balaban J connectivity index is 0.000000212. The fourth-order valence-corrected chi connectivity index (χ4v) is 8.19. The van der Waals surface area contributed by atoms with Gasteiger partial charge in [-0.2, -0.15) is 0 Å². The van der Waals surface area contributed by atoms with Gasteiger partial charge in [-0.05, 0) is 192 Å². The molecule has 2 nitrogen and oxygen atoms in total. The topological polar surface area (TPSA) is 35.2 Å². The molecule has 1 aliphatic heterocycles. The number of anilines is 1. The number of hydrogen-bond acceptors (Lipinski definition) is 2. The number of halogens is 6. The van der Waals surface area contributed by atoms with Crippen molar-refractivity contribution in [3.05, 3.63) is 227 Å². The first-order valence-electron chi connectivity index (χ1n) is 21.7. The van der Waals surface area contributed by atoms with Crippen LogP contribution in [0.25, 0.3) is 44.5 Å². The average Bonchev–Trinajstić information content (AvgIpc) is 3.96. The van der Waals surface area contributed by atoms with E-state index in [0.29, 0.717) is 0 Å². The van der Waals surface area contributed by atoms with Crippen molar-refractivity contribution in [1.29, 1.82) is 0 Å². The smallest absolute Gasteiger partial charge is 0.128 e. The van der Waals surface area contributed by atoms with Crippen LogP contribution in [0.5, 0.6) is 0 Å². The van der Waals surface area contributed by atoms with E-state index in [2.05, 4.69) is 239 Å². The SMILES string of the molecule is Brc1cc(-c2ccccc2)ccc1C#Cc1ccc(-c2ccccc2)cc1Br.Brc1cc(-c2ccccc2)ccc1I.C#C[Si](C)(C)C.C1CCOC1.Cl.Nc1ccc(-c2ccccc2)cc1Br. The molecule has 0 unspecified atom stereocenters. The van der Waals surface area contributed by atoms with Crippen molar-refractivity contribution in [2.45, 2.75) is 32.5 Å². The lowest BCUT2D eigenvalue weighted by molar-refractivity contribution is 0.198. The second-order valence-corrected chi connectivity index (χ2v) is 25.6. The Bertz CT molecular complexity index is 2710. The third-order valence-electron chi connectivity index (χ3n) is 9.88. The predicted molar refractivity (Wildman–Crippen MR) is 321 cm³/mol. The first-order valence-corrected chi connectivity index (χ1v) is 29.4. The molecule has 1 fully saturated rings. The highest BCUT2D eigenvalue weighted by molar-refractivity contribution is 14.1. The van der Waals surface area contributed by atoms with Crippen LogP contribution in [0.4, 0.5) is 5.69 Å². The van der Waals surface area contributed by atoms with Crippen LogP contribution < -0.4 is 5.73 Å². The second kappa shape index (κ2) is 29.7. The van der Waals surface area contributed by atoms with Gasteiger partial charge >= 0.3 is 0 Å². The summed E-state index contributed by atoms with van der Waals surface area (Å²) in [6, 6.07) is 66.3. The minimum absolute atomic E-state index is 0. The fourth-order valence-electron chi connectivity index (χ4n) is 6.14. The molecular weight excluding hydrogens is 1250 g/mol. The highest BCUT2D eigenvalue weighted by Gasteiger charge is 2.06. The summed E-state index contributed by atoms with van der Waals surface area (Å²) in [5, 5.41) is 0. The molecule has 0 amide bonds. The van der Waals surface area contributed by atoms with Crippen LogP contribution in [0.15, 0.2) is 212 Å². The van der Waals surface area contributed by atoms with Crippen LogP contribution in [0, 0.1) is 27.4 Å². The number of rotatable bonds is 4. The van der Waals surface area contributed by atoms with Crippen LogP contribution in [0.2, 0.25) is 19.6 Å². The van der Waals surface area contributed by atoms with E-state index < -0.39 is 8.07 Å². The van der Waals surface area contributed by atoms with Crippen LogP contribution in [0.1, 0.15) is 24.0 Å². The van der Waals surface area contributed by atoms with Crippen molar-refractivity contribution < 1.29 is 4.74 Å². The van der Waals surface area contributed by atoms with E-state index in [1.807, 2.05) is 78.9 Å². The van der Waals surface area contributed by atoms with Gasteiger partial charge in [0.2, 0.25) is 0 Å². The highest BCUT2D eigenvalue weighted by atomic mass is 127. The summed E-state index contributed by atoms with van der Waals surface area (Å²) in [6.07, 6.45) is 7.67. The fraction of sp³-hybridized carbons (Fsp3) is 0.119. The normalized spacial score (nSPS) is 11.0. The monoisotopic (exact) mass is 1300 g/mol. The Morgan fingerprint density at radius 3 is 1.04 bits per heavy atom. The minimum atomic E-state index is -1.10. The summed E-state index contributed by atoms with van der Waals surface area (Å²) in [4.78, 5) is 0. The largest absolute Gasteiger partial charge is 0.398 e. The van der Waals surface area contributed by atoms with Crippen molar-refractivity contribution in [3.8, 4) is 68.3 Å². The van der Waals surface area contributed by atoms with E-state index >= 15 is 0 Å². The Morgan fingerprint density at radius 2 is 0.765 bits per heavy atom. The zero-order valence-electron chi connectivity index (χ0n) is 38.2. The molecule has 346 valence electrons. The Labute approximate surface area is 459 Å². The van der Waals surface area contributed by atoms with Crippen LogP contribution in [-0.4, -0.2) is 21.3 Å². The molecule has 9 heteroatoms. The van der Waals surface area contributed by atoms with E-state index in [4.69, 9.17) is 16.9 Å². The standard InChI is InChI=1S/C26H16Br2.C12H8BrI.C12H10BrN.C5H10Si.C4H8O.ClH/c27-25-17-23(19-7-3-1-4-8-19)15-13-21(25)11-12-22-14-16-24(18-26(22)28)20-9-5-2-6-10-20;2*13-11-8-10(6-7-12(11)14)9-4-2-1-3-5-9;1-5-6(2,3)4;1-2-4-5-3-1;/h1-10,13-18H;1-8H;1-8H,14H2;1H,2-4H3;1-4H2;1H. The Morgan fingerprint density at radius 1 is 0.456 bits per heavy atom. The van der Waals surface area contributed by atoms with Gasteiger partial charge in [0.1, 0.15) is 8.07 Å². The second-order valence-electron chi connectivity index (χ2n) is 16.2. The lowest BCUT2D eigenvalue weighted by Crippen LogP contribution is -2.15. The van der Waals surface area contributed by atoms with Gasteiger partial charge in [-0.1, -0.05) is 177 Å². The van der Waals surface area contributed by atoms with Crippen molar-refractivity contribution in [1.82, 2.24) is 0 Å². The number of nitrogens with two attached hydrogens (primary N) is 1. The van der Waals surface area contributed by atoms with Gasteiger partial charge in [0.15, 0.2) is 0 Å². The summed E-state index contributed by atoms with van der Waals surface area (Å²) in [5.74, 6) is 6.56. The first kappa shape index (κ1) is 56.4. The van der Waals surface area contributed by atoms with Gasteiger partial charge in [-0.15, -0.1) is 24.4 Å². The van der Waals surface area contributed by atoms with E-state index in [1.165, 1.54) is 60.9 Å². The summed E-state index contributed by atoms with van der Waals surface area (Å²) < 4.78 is 10.3. The lowest BCUT2D eigenvalue weighted by atomic mass is 10.0. The molecule has 68 heavy (non-hydrogen) atoms. The maximum atomic E-state index is 5.72. The zero-order chi connectivity index (χ0) is 48.0. The molecular formula is C59H53Br4ClINOSi. The molecule has 0 spiro atoms. The summed E-state index contributed by atoms with van der Waals surface area (Å²) in [5.41, 5.74) is 20.8. The zero-order valence-corrected chi connectivity index (χ0v) is 48.5. The number of ether oxygens (including phenoxy) is 1. The molecule has 0 aromatic heterocycles. The summed E-state index contributed by atoms with van der Waals surface area (Å²) >= 11 is 16.6. The molecule has 1 heterocycles. The van der Waals surface area contributed by atoms with Gasteiger partial charge in [0, 0.05) is 51.5 Å². The average molecular weight is 1300 g/mol. The van der Waals surface area contributed by atoms with Gasteiger partial charge in [-0.25, -0.2) is 0 Å². The molecule has 0 bridgehead atoms. The number of benzene rings is 8. The minimum Gasteiger partial charge on any atom is -0.398 e. The number of terminal acetylenes is 1. The van der Waals surface area contributed by atoms with Crippen LogP contribution in [0.3, 0.4) is 0 Å². The molecule has 1 aliphatic rings. The number of hydrogen-bond donors (Lipinski definition) is 1. The summed E-state index contributed by atoms with van der Waals surface area (Å²) in [6.45, 7) is 8.44. The molecule has 8 aromatic carbocycles. The molecule has 0 aliphatic carbocycles. The molecule has 0 atom stereocenters. The van der Waals surface area contributed by atoms with Crippen molar-refractivity contribution in [3.63, 3.8) is 0 Å². The van der Waals surface area contributed by atoms with Gasteiger partial charge < -0.3 is 10.5 Å². The molecule has 8 aromatic rings. The van der Waals surface area contributed by atoms with Crippen molar-refractivity contribution >= 4 is 112 Å². The Hall–Kier alpha value is -4.20. The van der Waals surface area contributed by atoms with Crippen molar-refractivity contribution in [2.24, 2.45) is 0 Å². The third kappa shape index (κ3) is 19.3. The molecule has 0 saturated carbocycles. The molecule has 0 radical (unpaired) electrons. The van der Waals surface area contributed by atoms with E-state index in [0.717, 1.165) is 47.9 Å². The van der Waals surface area contributed by atoms with Gasteiger partial charge in [0.05, 0.1) is 0 Å². The number of nitrogen functional groups attached to an aromatic ring is 1. The van der Waals surface area contributed by atoms with E-state index in [9.17, 15) is 0 Å². The third-order valence-corrected chi connectivity index (χ3v) is 15.1. The van der Waals surface area contributed by atoms with Gasteiger partial charge in [0.25, 0.3) is 0 Å². The van der Waals surface area contributed by atoms with Gasteiger partial charge in [-0.3, -0.25) is 0 Å². The maximum absolute atomic E-state index is 5.72. The first-order chi connectivity index (χ1) is 32.3. The van der Waals surface area contributed by atoms with Crippen molar-refractivity contribution in [2.75, 3.05) is 18.9 Å². The highest BCUT2D eigenvalue weighted by Crippen LogP contribution is 2.30. The quantitative estimate of drug-likeness (QED) is 0.0825. The van der Waals surface area contributed by atoms with Crippen LogP contribution in [-0.2, 0) is 4.74 Å². The molecule has 2 N–H and O–H groups in total. The molecule has 1 saturated heterocycles. The Kier molecular flexibility index (Phi) is 24.7.